The molecule has 0 aromatic heterocycles. The number of carbonyl (C=O) groups is 1. The number of benzene rings is 2. The number of nitrogens with zero attached hydrogens (tertiary/aromatic N) is 2. The van der Waals surface area contributed by atoms with E-state index in [-0.39, 0.29) is 5.91 Å². The summed E-state index contributed by atoms with van der Waals surface area (Å²) in [7, 11) is 3.44. The first-order chi connectivity index (χ1) is 13.2. The largest absolute Gasteiger partial charge is 0.416 e. The fraction of sp³-hybridized carbons (Fsp3) is 0.300. The van der Waals surface area contributed by atoms with Gasteiger partial charge < -0.3 is 15.5 Å². The number of halogens is 3. The van der Waals surface area contributed by atoms with Gasteiger partial charge in [0.1, 0.15) is 0 Å². The molecule has 0 aliphatic carbocycles. The Kier molecular flexibility index (Phi) is 7.03. The number of anilines is 1. The maximum atomic E-state index is 12.7. The molecule has 0 bridgehead atoms. The van der Waals surface area contributed by atoms with Crippen LogP contribution in [-0.4, -0.2) is 30.9 Å². The van der Waals surface area contributed by atoms with Crippen molar-refractivity contribution in [1.29, 1.82) is 0 Å². The number of amides is 1. The molecule has 0 unspecified atom stereocenters. The van der Waals surface area contributed by atoms with Crippen LogP contribution in [-0.2, 0) is 24.1 Å². The Hall–Kier alpha value is -3.03. The Morgan fingerprint density at radius 3 is 2.36 bits per heavy atom. The molecule has 0 saturated carbocycles. The quantitative estimate of drug-likeness (QED) is 0.600. The van der Waals surface area contributed by atoms with Crippen molar-refractivity contribution in [3.05, 3.63) is 65.2 Å². The molecule has 0 saturated heterocycles. The van der Waals surface area contributed by atoms with E-state index in [4.69, 9.17) is 0 Å². The molecule has 0 aliphatic rings. The van der Waals surface area contributed by atoms with Gasteiger partial charge in [-0.1, -0.05) is 24.3 Å². The average molecular weight is 392 g/mol. The van der Waals surface area contributed by atoms with Gasteiger partial charge in [-0.05, 0) is 35.4 Å². The SMILES string of the molecule is CN=C(NCc1cccc(NC(C)=O)c1)N(C)Cc1ccc(C(F)(F)F)cc1. The van der Waals surface area contributed by atoms with Gasteiger partial charge in [-0.2, -0.15) is 13.2 Å². The maximum absolute atomic E-state index is 12.7. The maximum Gasteiger partial charge on any atom is 0.416 e. The van der Waals surface area contributed by atoms with Crippen LogP contribution in [0.1, 0.15) is 23.6 Å². The zero-order chi connectivity index (χ0) is 20.7. The third-order valence-electron chi connectivity index (χ3n) is 3.97. The predicted octanol–water partition coefficient (Wildman–Crippen LogP) is 3.87. The predicted molar refractivity (Wildman–Crippen MR) is 104 cm³/mol. The number of aliphatic imine (C=N–C) groups is 1. The van der Waals surface area contributed by atoms with Crippen LogP contribution in [0.25, 0.3) is 0 Å². The summed E-state index contributed by atoms with van der Waals surface area (Å²) < 4.78 is 38.0. The average Bonchev–Trinajstić information content (AvgIpc) is 2.61. The molecule has 5 nitrogen and oxygen atoms in total. The minimum absolute atomic E-state index is 0.141. The lowest BCUT2D eigenvalue weighted by molar-refractivity contribution is -0.137. The molecule has 28 heavy (non-hydrogen) atoms. The number of hydrogen-bond donors (Lipinski definition) is 2. The van der Waals surface area contributed by atoms with Gasteiger partial charge in [0.25, 0.3) is 0 Å². The standard InChI is InChI=1S/C20H23F3N4O/c1-14(28)26-18-6-4-5-16(11-18)12-25-19(24-2)27(3)13-15-7-9-17(10-8-15)20(21,22)23/h4-11H,12-13H2,1-3H3,(H,24,25)(H,26,28). The van der Waals surface area contributed by atoms with Crippen molar-refractivity contribution < 1.29 is 18.0 Å². The monoisotopic (exact) mass is 392 g/mol. The first kappa shape index (κ1) is 21.3. The topological polar surface area (TPSA) is 56.7 Å². The van der Waals surface area contributed by atoms with Gasteiger partial charge in [0.15, 0.2) is 5.96 Å². The lowest BCUT2D eigenvalue weighted by Crippen LogP contribution is -2.38. The van der Waals surface area contributed by atoms with Gasteiger partial charge in [-0.3, -0.25) is 9.79 Å². The number of guanidine groups is 1. The Bertz CT molecular complexity index is 832. The van der Waals surface area contributed by atoms with Crippen molar-refractivity contribution >= 4 is 17.6 Å². The molecule has 0 radical (unpaired) electrons. The molecule has 0 aliphatic heterocycles. The number of hydrogen-bond acceptors (Lipinski definition) is 2. The van der Waals surface area contributed by atoms with E-state index >= 15 is 0 Å². The molecular weight excluding hydrogens is 369 g/mol. The van der Waals surface area contributed by atoms with Crippen LogP contribution in [0.2, 0.25) is 0 Å². The third kappa shape index (κ3) is 6.29. The molecule has 2 aromatic rings. The minimum atomic E-state index is -4.34. The molecule has 150 valence electrons. The van der Waals surface area contributed by atoms with Gasteiger partial charge in [0, 0.05) is 39.8 Å². The van der Waals surface area contributed by atoms with Crippen molar-refractivity contribution in [2.75, 3.05) is 19.4 Å². The number of carbonyl (C=O) groups excluding carboxylic acids is 1. The Morgan fingerprint density at radius 2 is 1.79 bits per heavy atom. The van der Waals surface area contributed by atoms with Gasteiger partial charge >= 0.3 is 6.18 Å². The number of nitrogens with one attached hydrogen (secondary N) is 2. The van der Waals surface area contributed by atoms with Crippen LogP contribution in [0.4, 0.5) is 18.9 Å². The second-order valence-corrected chi connectivity index (χ2v) is 6.33. The Balaban J connectivity index is 1.97. The molecule has 0 spiro atoms. The summed E-state index contributed by atoms with van der Waals surface area (Å²) >= 11 is 0. The summed E-state index contributed by atoms with van der Waals surface area (Å²) in [6.45, 7) is 2.34. The lowest BCUT2D eigenvalue weighted by atomic mass is 10.1. The van der Waals surface area contributed by atoms with Crippen LogP contribution in [0, 0.1) is 0 Å². The van der Waals surface area contributed by atoms with Crippen LogP contribution in [0.3, 0.4) is 0 Å². The Morgan fingerprint density at radius 1 is 1.11 bits per heavy atom. The summed E-state index contributed by atoms with van der Waals surface area (Å²) in [4.78, 5) is 17.2. The highest BCUT2D eigenvalue weighted by Gasteiger charge is 2.29. The molecule has 0 fully saturated rings. The van der Waals surface area contributed by atoms with Gasteiger partial charge in [-0.25, -0.2) is 0 Å². The molecule has 2 rings (SSSR count). The number of alkyl halides is 3. The van der Waals surface area contributed by atoms with E-state index in [2.05, 4.69) is 15.6 Å². The zero-order valence-electron chi connectivity index (χ0n) is 16.0. The first-order valence-corrected chi connectivity index (χ1v) is 8.63. The van der Waals surface area contributed by atoms with Crippen LogP contribution >= 0.6 is 0 Å². The zero-order valence-corrected chi connectivity index (χ0v) is 16.0. The van der Waals surface area contributed by atoms with Crippen molar-refractivity contribution in [1.82, 2.24) is 10.2 Å². The van der Waals surface area contributed by atoms with Crippen molar-refractivity contribution in [2.24, 2.45) is 4.99 Å². The summed E-state index contributed by atoms with van der Waals surface area (Å²) in [6.07, 6.45) is -4.34. The Labute approximate surface area is 162 Å². The summed E-state index contributed by atoms with van der Waals surface area (Å²) in [5.74, 6) is 0.460. The van der Waals surface area contributed by atoms with Crippen LogP contribution in [0.15, 0.2) is 53.5 Å². The summed E-state index contributed by atoms with van der Waals surface area (Å²) in [5, 5.41) is 5.94. The van der Waals surface area contributed by atoms with Gasteiger partial charge in [0.05, 0.1) is 5.56 Å². The normalized spacial score (nSPS) is 11.9. The number of rotatable bonds is 5. The molecule has 2 N–H and O–H groups in total. The second-order valence-electron chi connectivity index (χ2n) is 6.33. The fourth-order valence-corrected chi connectivity index (χ4v) is 2.68. The molecule has 8 heteroatoms. The van der Waals surface area contributed by atoms with Crippen molar-refractivity contribution in [2.45, 2.75) is 26.2 Å². The van der Waals surface area contributed by atoms with E-state index in [0.717, 1.165) is 23.3 Å². The molecule has 1 amide bonds. The van der Waals surface area contributed by atoms with E-state index in [9.17, 15) is 18.0 Å². The van der Waals surface area contributed by atoms with Gasteiger partial charge in [-0.15, -0.1) is 0 Å². The first-order valence-electron chi connectivity index (χ1n) is 8.63. The van der Waals surface area contributed by atoms with Crippen LogP contribution in [0.5, 0.6) is 0 Å². The molecule has 2 aromatic carbocycles. The third-order valence-corrected chi connectivity index (χ3v) is 3.97. The van der Waals surface area contributed by atoms with E-state index in [1.54, 1.807) is 20.2 Å². The van der Waals surface area contributed by atoms with E-state index in [0.29, 0.717) is 24.7 Å². The minimum Gasteiger partial charge on any atom is -0.352 e. The molecule has 0 atom stereocenters. The van der Waals surface area contributed by atoms with Crippen LogP contribution < -0.4 is 10.6 Å². The lowest BCUT2D eigenvalue weighted by Gasteiger charge is -2.22. The van der Waals surface area contributed by atoms with E-state index < -0.39 is 11.7 Å². The van der Waals surface area contributed by atoms with Crippen molar-refractivity contribution in [3.8, 4) is 0 Å². The highest BCUT2D eigenvalue weighted by Crippen LogP contribution is 2.29. The summed E-state index contributed by atoms with van der Waals surface area (Å²) in [5.41, 5.74) is 1.74. The second kappa shape index (κ2) is 9.25. The molecular formula is C20H23F3N4O. The van der Waals surface area contributed by atoms with Crippen molar-refractivity contribution in [3.63, 3.8) is 0 Å². The van der Waals surface area contributed by atoms with E-state index in [1.807, 2.05) is 23.1 Å². The smallest absolute Gasteiger partial charge is 0.352 e. The fourth-order valence-electron chi connectivity index (χ4n) is 2.68. The highest BCUT2D eigenvalue weighted by molar-refractivity contribution is 5.88. The molecule has 0 heterocycles. The highest BCUT2D eigenvalue weighted by atomic mass is 19.4. The summed E-state index contributed by atoms with van der Waals surface area (Å²) in [6, 6.07) is 12.5. The van der Waals surface area contributed by atoms with Gasteiger partial charge in [0.2, 0.25) is 5.91 Å². The van der Waals surface area contributed by atoms with E-state index in [1.165, 1.54) is 19.1 Å².